The molecule has 0 rings (SSSR count). The predicted molar refractivity (Wildman–Crippen MR) is 104 cm³/mol. The minimum Gasteiger partial charge on any atom is -1.00 e. The Bertz CT molecular complexity index is 387. The van der Waals surface area contributed by atoms with Crippen molar-refractivity contribution in [2.75, 3.05) is 0 Å². The summed E-state index contributed by atoms with van der Waals surface area (Å²) in [5, 5.41) is 23.5. The quantitative estimate of drug-likeness (QED) is 0.104. The summed E-state index contributed by atoms with van der Waals surface area (Å²) in [6.45, 7) is 2.25. The van der Waals surface area contributed by atoms with E-state index in [1.54, 1.807) is 0 Å². The molecule has 28 heavy (non-hydrogen) atoms. The number of hydrogen-bond acceptors (Lipinski definition) is 4. The fourth-order valence-electron chi connectivity index (χ4n) is 2.19. The second-order valence-electron chi connectivity index (χ2n) is 6.13. The zero-order chi connectivity index (χ0) is 19.5. The van der Waals surface area contributed by atoms with Gasteiger partial charge in [-0.2, -0.15) is 12.6 Å². The van der Waals surface area contributed by atoms with E-state index in [2.05, 4.69) is 19.6 Å². The summed E-state index contributed by atoms with van der Waals surface area (Å²) >= 11 is 3.48. The normalized spacial score (nSPS) is 10.1. The van der Waals surface area contributed by atoms with Gasteiger partial charge < -0.3 is 18.2 Å². The van der Waals surface area contributed by atoms with Gasteiger partial charge in [0.05, 0.1) is 6.42 Å². The Morgan fingerprint density at radius 1 is 0.750 bits per heavy atom. The summed E-state index contributed by atoms with van der Waals surface area (Å²) in [5.74, 6) is -3.02. The predicted octanol–water partition coefficient (Wildman–Crippen LogP) is -1.15. The largest absolute Gasteiger partial charge is 1.00 e. The van der Waals surface area contributed by atoms with Gasteiger partial charge in [0.1, 0.15) is 5.25 Å². The Hall–Kier alpha value is 1.50. The van der Waals surface area contributed by atoms with E-state index >= 15 is 0 Å². The van der Waals surface area contributed by atoms with Crippen LogP contribution < -0.4 is 59.1 Å². The Kier molecular flexibility index (Phi) is 43.8. The summed E-state index contributed by atoms with van der Waals surface area (Å²) in [6, 6.07) is 0. The van der Waals surface area contributed by atoms with Crippen molar-refractivity contribution in [1.82, 2.24) is 0 Å². The molecule has 0 aromatic carbocycles. The van der Waals surface area contributed by atoms with Crippen LogP contribution >= 0.6 is 12.6 Å². The molecule has 3 N–H and O–H groups in total. The van der Waals surface area contributed by atoms with Crippen molar-refractivity contribution in [2.45, 2.75) is 95.6 Å². The maximum atomic E-state index is 10.3. The van der Waals surface area contributed by atoms with Crippen LogP contribution in [0.3, 0.4) is 0 Å². The molecule has 0 amide bonds. The van der Waals surface area contributed by atoms with E-state index in [9.17, 15) is 14.4 Å². The molecule has 6 nitrogen and oxygen atoms in total. The fraction of sp³-hybridized carbons (Fsp3) is 0.833. The Balaban J connectivity index is -0.0000000668. The molecule has 0 aromatic heterocycles. The molecule has 0 aliphatic carbocycles. The van der Waals surface area contributed by atoms with Gasteiger partial charge in [0, 0.05) is 28.8 Å². The van der Waals surface area contributed by atoms with E-state index < -0.39 is 29.6 Å². The van der Waals surface area contributed by atoms with Gasteiger partial charge in [0.2, 0.25) is 0 Å². The van der Waals surface area contributed by atoms with Crippen LogP contribution in [0.5, 0.6) is 0 Å². The molecule has 163 valence electrons. The number of rotatable bonds is 15. The van der Waals surface area contributed by atoms with Gasteiger partial charge in [-0.3, -0.25) is 14.4 Å². The van der Waals surface area contributed by atoms with Gasteiger partial charge in [-0.15, -0.1) is 0 Å². The number of carboxylic acid groups (broad SMARTS) is 3. The number of aliphatic carboxylic acids is 3. The maximum Gasteiger partial charge on any atom is 1.00 e. The van der Waals surface area contributed by atoms with E-state index in [1.807, 2.05) is 0 Å². The minimum absolute atomic E-state index is 0. The average molecular weight is 623 g/mol. The molecule has 0 saturated carbocycles. The summed E-state index contributed by atoms with van der Waals surface area (Å²) in [6.07, 6.45) is 13.9. The first-order chi connectivity index (χ1) is 11.8. The number of unbranched alkanes of at least 4 members (excludes halogenated alkanes) is 10. The summed E-state index contributed by atoms with van der Waals surface area (Å²) in [4.78, 5) is 30.0. The molecule has 1 atom stereocenters. The molecule has 0 bridgehead atoms. The van der Waals surface area contributed by atoms with E-state index in [0.717, 1.165) is 12.8 Å². The number of thiol groups is 1. The molecular formula is C18H36AuNa2O6S. The number of carboxylic acids is 3. The van der Waals surface area contributed by atoms with Gasteiger partial charge in [0.25, 0.3) is 0 Å². The smallest absolute Gasteiger partial charge is 1.00 e. The monoisotopic (exact) mass is 623 g/mol. The van der Waals surface area contributed by atoms with Crippen LogP contribution in [0.4, 0.5) is 0 Å². The van der Waals surface area contributed by atoms with Crippen molar-refractivity contribution in [3.63, 3.8) is 0 Å². The fourth-order valence-corrected chi connectivity index (χ4v) is 2.35. The van der Waals surface area contributed by atoms with Gasteiger partial charge in [-0.25, -0.2) is 0 Å². The second kappa shape index (κ2) is 30.7. The van der Waals surface area contributed by atoms with Crippen molar-refractivity contribution in [2.24, 2.45) is 0 Å². The zero-order valence-electron chi connectivity index (χ0n) is 19.6. The van der Waals surface area contributed by atoms with Crippen LogP contribution in [0.15, 0.2) is 0 Å². The van der Waals surface area contributed by atoms with Crippen LogP contribution in [0.25, 0.3) is 0 Å². The Labute approximate surface area is 237 Å². The maximum absolute atomic E-state index is 10.3. The first-order valence-corrected chi connectivity index (χ1v) is 9.67. The molecule has 0 saturated heterocycles. The number of carbonyl (C=O) groups is 3. The summed E-state index contributed by atoms with van der Waals surface area (Å²) < 4.78 is 0. The van der Waals surface area contributed by atoms with Crippen LogP contribution in [0.2, 0.25) is 0 Å². The van der Waals surface area contributed by atoms with Crippen molar-refractivity contribution in [3.05, 3.63) is 0 Å². The average Bonchev–Trinajstić information content (AvgIpc) is 2.52. The van der Waals surface area contributed by atoms with Crippen molar-refractivity contribution in [1.29, 1.82) is 0 Å². The van der Waals surface area contributed by atoms with E-state index in [0.29, 0.717) is 6.42 Å². The molecule has 0 aromatic rings. The van der Waals surface area contributed by atoms with Crippen molar-refractivity contribution in [3.8, 4) is 0 Å². The summed E-state index contributed by atoms with van der Waals surface area (Å²) in [7, 11) is 0. The third kappa shape index (κ3) is 38.1. The van der Waals surface area contributed by atoms with Crippen LogP contribution in [-0.4, -0.2) is 38.5 Å². The molecule has 0 fully saturated rings. The van der Waals surface area contributed by atoms with Crippen molar-refractivity contribution >= 4 is 30.5 Å². The number of hydrogen-bond donors (Lipinski definition) is 4. The first-order valence-electron chi connectivity index (χ1n) is 9.15. The minimum atomic E-state index is -1.21. The van der Waals surface area contributed by atoms with E-state index in [1.165, 1.54) is 57.8 Å². The molecule has 1 radical (unpaired) electrons. The van der Waals surface area contributed by atoms with E-state index in [4.69, 9.17) is 15.3 Å². The Morgan fingerprint density at radius 3 is 1.36 bits per heavy atom. The molecule has 10 heteroatoms. The first kappa shape index (κ1) is 39.9. The van der Waals surface area contributed by atoms with Crippen molar-refractivity contribution < 1.29 is 114 Å². The van der Waals surface area contributed by atoms with Crippen LogP contribution in [-0.2, 0) is 36.8 Å². The zero-order valence-corrected chi connectivity index (χ0v) is 24.6. The second-order valence-corrected chi connectivity index (χ2v) is 6.75. The van der Waals surface area contributed by atoms with Crippen LogP contribution in [0.1, 0.15) is 93.2 Å². The van der Waals surface area contributed by atoms with Gasteiger partial charge in [0.15, 0.2) is 0 Å². The molecule has 0 spiro atoms. The SMILES string of the molecule is CCCCCCCCCCCCCC(=O)O.O=C(O)CC(S)C(=O)O.[Au].[H-].[H-].[Na+].[Na+]. The third-order valence-corrected chi connectivity index (χ3v) is 4.05. The topological polar surface area (TPSA) is 112 Å². The van der Waals surface area contributed by atoms with Crippen LogP contribution in [0, 0.1) is 0 Å². The Morgan fingerprint density at radius 2 is 1.11 bits per heavy atom. The molecule has 0 heterocycles. The molecule has 1 unspecified atom stereocenters. The van der Waals surface area contributed by atoms with Gasteiger partial charge in [-0.1, -0.05) is 71.1 Å². The molecule has 0 aliphatic rings. The third-order valence-electron chi connectivity index (χ3n) is 3.65. The molecule has 0 aliphatic heterocycles. The van der Waals surface area contributed by atoms with Gasteiger partial charge in [-0.05, 0) is 6.42 Å². The molecular weight excluding hydrogens is 587 g/mol. The van der Waals surface area contributed by atoms with Gasteiger partial charge >= 0.3 is 77.0 Å². The summed E-state index contributed by atoms with van der Waals surface area (Å²) in [5.41, 5.74) is 0. The standard InChI is InChI=1S/C14H28O2.C4H6O4S.Au.2Na.2H/c1-2-3-4-5-6-7-8-9-10-11-12-13-14(15)16;5-3(6)1-2(9)4(7)8;;;;;/h2-13H2,1H3,(H,15,16);2,9H,1H2,(H,5,6)(H,7,8);;;;;/q;;;2*+1;2*-1. The van der Waals surface area contributed by atoms with E-state index in [-0.39, 0.29) is 84.3 Å².